The molecule has 2 amide bonds. The number of aliphatic hydroxyl groups is 1. The molecule has 0 radical (unpaired) electrons. The number of halogens is 4. The number of piperazine rings is 1. The summed E-state index contributed by atoms with van der Waals surface area (Å²) in [6, 6.07) is 6.30. The second kappa shape index (κ2) is 12.9. The number of aromatic nitrogens is 2. The average Bonchev–Trinajstić information content (AvgIpc) is 3.37. The van der Waals surface area contributed by atoms with Crippen LogP contribution >= 0.6 is 0 Å². The van der Waals surface area contributed by atoms with Crippen molar-refractivity contribution in [3.63, 3.8) is 0 Å². The molecular formula is C31H33F4N7O4. The molecular weight excluding hydrogens is 610 g/mol. The van der Waals surface area contributed by atoms with Gasteiger partial charge in [-0.1, -0.05) is 12.1 Å². The van der Waals surface area contributed by atoms with Crippen molar-refractivity contribution in [2.24, 2.45) is 5.73 Å². The first kappa shape index (κ1) is 31.8. The van der Waals surface area contributed by atoms with Crippen LogP contribution in [0.15, 0.2) is 48.8 Å². The van der Waals surface area contributed by atoms with Gasteiger partial charge in [0.1, 0.15) is 17.7 Å². The van der Waals surface area contributed by atoms with E-state index in [1.54, 1.807) is 0 Å². The van der Waals surface area contributed by atoms with Crippen molar-refractivity contribution < 1.29 is 37.0 Å². The summed E-state index contributed by atoms with van der Waals surface area (Å²) in [4.78, 5) is 40.1. The van der Waals surface area contributed by atoms with E-state index in [0.29, 0.717) is 50.8 Å². The Morgan fingerprint density at radius 2 is 1.78 bits per heavy atom. The van der Waals surface area contributed by atoms with Crippen molar-refractivity contribution in [3.05, 3.63) is 83.2 Å². The maximum absolute atomic E-state index is 14.3. The van der Waals surface area contributed by atoms with Crippen LogP contribution in [0.25, 0.3) is 0 Å². The maximum atomic E-state index is 14.3. The zero-order valence-electron chi connectivity index (χ0n) is 24.7. The molecule has 15 heteroatoms. The Hall–Kier alpha value is -4.18. The molecule has 4 atom stereocenters. The van der Waals surface area contributed by atoms with Gasteiger partial charge in [-0.25, -0.2) is 27.5 Å². The standard InChI is InChI=1S/C31H33F4N7O4/c32-19-4-5-23(33)22(12-19)27-25(36)13-20(17-46-27)40-8-10-41(11-9-40)30-38-15-21(16-39-30)42-7-6-31(45,29(42)44)28(43)37-14-18-2-1-3-24(34)26(18)35/h1-5,12,15-16,20,25,27,45H,6-11,13-14,17,36H2,(H,37,43)/t20-,25+,27-,31?/m1/s1. The molecule has 46 heavy (non-hydrogen) atoms. The van der Waals surface area contributed by atoms with Gasteiger partial charge < -0.3 is 30.7 Å². The van der Waals surface area contributed by atoms with E-state index in [1.807, 2.05) is 4.90 Å². The molecule has 3 aromatic rings. The van der Waals surface area contributed by atoms with Gasteiger partial charge in [-0.3, -0.25) is 14.5 Å². The summed E-state index contributed by atoms with van der Waals surface area (Å²) in [5, 5.41) is 13.2. The first-order valence-electron chi connectivity index (χ1n) is 14.9. The van der Waals surface area contributed by atoms with E-state index >= 15 is 0 Å². The third-order valence-corrected chi connectivity index (χ3v) is 8.86. The normalized spacial score (nSPS) is 25.6. The molecule has 11 nitrogen and oxygen atoms in total. The minimum atomic E-state index is -2.38. The lowest BCUT2D eigenvalue weighted by atomic mass is 9.93. The molecule has 3 saturated heterocycles. The van der Waals surface area contributed by atoms with Gasteiger partial charge in [0, 0.05) is 68.9 Å². The summed E-state index contributed by atoms with van der Waals surface area (Å²) in [7, 11) is 0. The summed E-state index contributed by atoms with van der Waals surface area (Å²) in [5.74, 6) is -4.73. The number of ether oxygens (including phenoxy) is 1. The number of hydrogen-bond acceptors (Lipinski definition) is 9. The number of anilines is 2. The molecule has 244 valence electrons. The van der Waals surface area contributed by atoms with Crippen LogP contribution < -0.4 is 20.9 Å². The number of nitrogens with zero attached hydrogens (tertiary/aromatic N) is 5. The fourth-order valence-electron chi connectivity index (χ4n) is 6.22. The number of benzene rings is 2. The number of amides is 2. The summed E-state index contributed by atoms with van der Waals surface area (Å²) in [6.07, 6.45) is 2.51. The smallest absolute Gasteiger partial charge is 0.268 e. The summed E-state index contributed by atoms with van der Waals surface area (Å²) in [6.45, 7) is 2.47. The number of rotatable bonds is 7. The predicted molar refractivity (Wildman–Crippen MR) is 157 cm³/mol. The SMILES string of the molecule is N[C@H]1C[C@@H](N2CCN(c3ncc(N4CCC(O)(C(=O)NCc5cccc(F)c5F)C4=O)cn3)CC2)CO[C@@H]1c1cc(F)ccc1F. The topological polar surface area (TPSA) is 137 Å². The van der Waals surface area contributed by atoms with Crippen LogP contribution in [0.3, 0.4) is 0 Å². The van der Waals surface area contributed by atoms with Crippen molar-refractivity contribution in [1.29, 1.82) is 0 Å². The van der Waals surface area contributed by atoms with Crippen molar-refractivity contribution >= 4 is 23.5 Å². The monoisotopic (exact) mass is 643 g/mol. The van der Waals surface area contributed by atoms with Gasteiger partial charge in [-0.15, -0.1) is 0 Å². The van der Waals surface area contributed by atoms with Crippen LogP contribution in [-0.4, -0.2) is 88.8 Å². The largest absolute Gasteiger partial charge is 0.372 e. The van der Waals surface area contributed by atoms with Crippen LogP contribution in [0.5, 0.6) is 0 Å². The first-order chi connectivity index (χ1) is 22.0. The number of nitrogens with one attached hydrogen (secondary N) is 1. The second-order valence-electron chi connectivity index (χ2n) is 11.7. The highest BCUT2D eigenvalue weighted by atomic mass is 19.2. The fraction of sp³-hybridized carbons (Fsp3) is 0.419. The molecule has 3 aliphatic heterocycles. The maximum Gasteiger partial charge on any atom is 0.268 e. The number of nitrogens with two attached hydrogens (primary N) is 1. The van der Waals surface area contributed by atoms with Gasteiger partial charge in [0.15, 0.2) is 11.6 Å². The Balaban J connectivity index is 1.01. The summed E-state index contributed by atoms with van der Waals surface area (Å²) < 4.78 is 61.3. The lowest BCUT2D eigenvalue weighted by Crippen LogP contribution is -2.55. The third kappa shape index (κ3) is 6.15. The molecule has 1 aromatic heterocycles. The molecule has 1 unspecified atom stereocenters. The molecule has 0 spiro atoms. The third-order valence-electron chi connectivity index (χ3n) is 8.86. The van der Waals surface area contributed by atoms with Crippen molar-refractivity contribution in [2.45, 2.75) is 43.2 Å². The van der Waals surface area contributed by atoms with E-state index in [0.717, 1.165) is 24.3 Å². The Bertz CT molecular complexity index is 1610. The van der Waals surface area contributed by atoms with Gasteiger partial charge in [-0.05, 0) is 30.7 Å². The Kier molecular flexibility index (Phi) is 8.92. The Labute approximate surface area is 262 Å². The van der Waals surface area contributed by atoms with E-state index in [-0.39, 0.29) is 30.1 Å². The van der Waals surface area contributed by atoms with Gasteiger partial charge in [0.05, 0.1) is 24.7 Å². The van der Waals surface area contributed by atoms with E-state index in [4.69, 9.17) is 10.5 Å². The Morgan fingerprint density at radius 1 is 1.04 bits per heavy atom. The summed E-state index contributed by atoms with van der Waals surface area (Å²) in [5.41, 5.74) is 4.26. The van der Waals surface area contributed by atoms with Gasteiger partial charge in [0.2, 0.25) is 11.5 Å². The van der Waals surface area contributed by atoms with E-state index in [2.05, 4.69) is 20.2 Å². The summed E-state index contributed by atoms with van der Waals surface area (Å²) >= 11 is 0. The predicted octanol–water partition coefficient (Wildman–Crippen LogP) is 1.80. The molecule has 3 aliphatic rings. The van der Waals surface area contributed by atoms with Crippen LogP contribution in [0.1, 0.15) is 30.1 Å². The van der Waals surface area contributed by atoms with Crippen LogP contribution in [0, 0.1) is 23.3 Å². The average molecular weight is 644 g/mol. The first-order valence-corrected chi connectivity index (χ1v) is 14.9. The fourth-order valence-corrected chi connectivity index (χ4v) is 6.22. The van der Waals surface area contributed by atoms with Crippen LogP contribution in [-0.2, 0) is 20.9 Å². The lowest BCUT2D eigenvalue weighted by Gasteiger charge is -2.43. The molecule has 3 fully saturated rings. The lowest BCUT2D eigenvalue weighted by molar-refractivity contribution is -0.149. The molecule has 4 heterocycles. The Morgan fingerprint density at radius 3 is 2.50 bits per heavy atom. The number of carbonyl (C=O) groups excluding carboxylic acids is 2. The minimum absolute atomic E-state index is 0.0123. The highest BCUT2D eigenvalue weighted by Crippen LogP contribution is 2.32. The van der Waals surface area contributed by atoms with E-state index in [1.165, 1.54) is 29.4 Å². The minimum Gasteiger partial charge on any atom is -0.372 e. The second-order valence-corrected chi connectivity index (χ2v) is 11.7. The molecule has 0 bridgehead atoms. The quantitative estimate of drug-likeness (QED) is 0.260. The molecule has 4 N–H and O–H groups in total. The van der Waals surface area contributed by atoms with E-state index in [9.17, 15) is 32.3 Å². The zero-order valence-corrected chi connectivity index (χ0v) is 24.7. The molecule has 2 aromatic carbocycles. The molecule has 0 aliphatic carbocycles. The van der Waals surface area contributed by atoms with Gasteiger partial charge >= 0.3 is 0 Å². The van der Waals surface area contributed by atoms with Gasteiger partial charge in [0.25, 0.3) is 11.8 Å². The van der Waals surface area contributed by atoms with Crippen molar-refractivity contribution in [2.75, 3.05) is 49.1 Å². The van der Waals surface area contributed by atoms with Crippen LogP contribution in [0.2, 0.25) is 0 Å². The molecule has 0 saturated carbocycles. The highest BCUT2D eigenvalue weighted by Gasteiger charge is 2.52. The van der Waals surface area contributed by atoms with Crippen molar-refractivity contribution in [1.82, 2.24) is 20.2 Å². The number of carbonyl (C=O) groups is 2. The van der Waals surface area contributed by atoms with E-state index < -0.39 is 59.4 Å². The molecule has 6 rings (SSSR count). The van der Waals surface area contributed by atoms with Crippen LogP contribution in [0.4, 0.5) is 29.2 Å². The zero-order chi connectivity index (χ0) is 32.6. The highest BCUT2D eigenvalue weighted by molar-refractivity contribution is 6.16. The van der Waals surface area contributed by atoms with Crippen molar-refractivity contribution in [3.8, 4) is 0 Å². The number of hydrogen-bond donors (Lipinski definition) is 3. The van der Waals surface area contributed by atoms with Gasteiger partial charge in [-0.2, -0.15) is 0 Å².